The fraction of sp³-hybridized carbons (Fsp3) is 0.522. The number of hydrogen-bond donors (Lipinski definition) is 0. The lowest BCUT2D eigenvalue weighted by Gasteiger charge is -2.15. The van der Waals surface area contributed by atoms with Gasteiger partial charge in [-0.15, -0.1) is 0 Å². The van der Waals surface area contributed by atoms with Gasteiger partial charge in [-0.25, -0.2) is 4.98 Å². The normalized spacial score (nSPS) is 13.8. The number of nitrogens with zero attached hydrogens (tertiary/aromatic N) is 3. The highest BCUT2D eigenvalue weighted by molar-refractivity contribution is 7.99. The summed E-state index contributed by atoms with van der Waals surface area (Å²) in [5, 5.41) is 0.756. The van der Waals surface area contributed by atoms with Gasteiger partial charge < -0.3 is 4.90 Å². The zero-order valence-electron chi connectivity index (χ0n) is 17.7. The van der Waals surface area contributed by atoms with Crippen molar-refractivity contribution in [1.29, 1.82) is 0 Å². The van der Waals surface area contributed by atoms with E-state index in [-0.39, 0.29) is 11.5 Å². The Morgan fingerprint density at radius 2 is 1.93 bits per heavy atom. The molecule has 0 spiro atoms. The zero-order chi connectivity index (χ0) is 20.8. The summed E-state index contributed by atoms with van der Waals surface area (Å²) in [4.78, 5) is 31.7. The van der Waals surface area contributed by atoms with Crippen LogP contribution >= 0.6 is 11.8 Å². The van der Waals surface area contributed by atoms with E-state index in [1.165, 1.54) is 5.56 Å². The van der Waals surface area contributed by atoms with Gasteiger partial charge in [0.25, 0.3) is 5.56 Å². The van der Waals surface area contributed by atoms with Gasteiger partial charge in [-0.2, -0.15) is 0 Å². The third-order valence-corrected chi connectivity index (χ3v) is 6.60. The minimum Gasteiger partial charge on any atom is -0.343 e. The fourth-order valence-corrected chi connectivity index (χ4v) is 4.76. The molecule has 0 saturated carbocycles. The van der Waals surface area contributed by atoms with Crippen molar-refractivity contribution < 1.29 is 4.79 Å². The molecule has 0 N–H and O–H groups in total. The number of rotatable bonds is 8. The minimum atomic E-state index is 0.0331. The van der Waals surface area contributed by atoms with Gasteiger partial charge >= 0.3 is 0 Å². The van der Waals surface area contributed by atoms with Gasteiger partial charge in [-0.3, -0.25) is 14.2 Å². The van der Waals surface area contributed by atoms with Crippen LogP contribution in [0, 0.1) is 13.8 Å². The molecule has 1 aliphatic rings. The predicted octanol–water partition coefficient (Wildman–Crippen LogP) is 3.87. The number of aromatic nitrogens is 2. The van der Waals surface area contributed by atoms with E-state index in [2.05, 4.69) is 25.1 Å². The molecular weight excluding hydrogens is 382 g/mol. The number of likely N-dealkylation sites (tertiary alicyclic amines) is 1. The Hall–Kier alpha value is -2.08. The van der Waals surface area contributed by atoms with Crippen molar-refractivity contribution >= 4 is 17.7 Å². The lowest BCUT2D eigenvalue weighted by atomic mass is 10.0. The maximum absolute atomic E-state index is 12.9. The van der Waals surface area contributed by atoms with Crippen molar-refractivity contribution in [2.45, 2.75) is 57.5 Å². The van der Waals surface area contributed by atoms with E-state index < -0.39 is 0 Å². The number of amides is 1. The molecule has 1 aromatic heterocycles. The van der Waals surface area contributed by atoms with Crippen molar-refractivity contribution in [3.8, 4) is 0 Å². The van der Waals surface area contributed by atoms with Crippen molar-refractivity contribution in [3.63, 3.8) is 0 Å². The summed E-state index contributed by atoms with van der Waals surface area (Å²) in [5.74, 6) is 1.15. The summed E-state index contributed by atoms with van der Waals surface area (Å²) < 4.78 is 1.66. The molecule has 0 aliphatic carbocycles. The summed E-state index contributed by atoms with van der Waals surface area (Å²) in [7, 11) is 1.80. The number of hydrogen-bond acceptors (Lipinski definition) is 4. The van der Waals surface area contributed by atoms with Crippen LogP contribution in [0.15, 0.2) is 34.2 Å². The van der Waals surface area contributed by atoms with Crippen LogP contribution < -0.4 is 5.56 Å². The third kappa shape index (κ3) is 5.72. The average molecular weight is 414 g/mol. The molecule has 0 radical (unpaired) electrons. The first-order chi connectivity index (χ1) is 14.0. The first kappa shape index (κ1) is 21.6. The van der Waals surface area contributed by atoms with E-state index in [0.29, 0.717) is 12.8 Å². The van der Waals surface area contributed by atoms with Crippen molar-refractivity contribution in [3.05, 3.63) is 57.0 Å². The Morgan fingerprint density at radius 1 is 1.17 bits per heavy atom. The molecule has 0 bridgehead atoms. The Kier molecular flexibility index (Phi) is 7.53. The molecule has 6 heteroatoms. The van der Waals surface area contributed by atoms with Crippen LogP contribution in [0.3, 0.4) is 0 Å². The number of carbonyl (C=O) groups is 1. The molecule has 3 rings (SSSR count). The molecule has 1 fully saturated rings. The van der Waals surface area contributed by atoms with Gasteiger partial charge in [0, 0.05) is 50.0 Å². The molecule has 0 atom stereocenters. The highest BCUT2D eigenvalue weighted by Crippen LogP contribution is 2.19. The summed E-state index contributed by atoms with van der Waals surface area (Å²) >= 11 is 1.60. The Balaban J connectivity index is 1.55. The number of aryl methyl sites for hydroxylation is 2. The molecule has 0 unspecified atom stereocenters. The molecule has 1 aliphatic heterocycles. The highest BCUT2D eigenvalue weighted by atomic mass is 32.2. The van der Waals surface area contributed by atoms with Crippen LogP contribution in [-0.4, -0.2) is 39.2 Å². The predicted molar refractivity (Wildman–Crippen MR) is 119 cm³/mol. The number of carbonyl (C=O) groups excluding carboxylic acids is 1. The second-order valence-corrected chi connectivity index (χ2v) is 8.94. The number of unbranched alkanes of at least 4 members (excludes halogenated alkanes) is 1. The van der Waals surface area contributed by atoms with Crippen LogP contribution in [0.5, 0.6) is 0 Å². The van der Waals surface area contributed by atoms with Crippen molar-refractivity contribution in [1.82, 2.24) is 14.5 Å². The average Bonchev–Trinajstić information content (AvgIpc) is 3.23. The smallest absolute Gasteiger partial charge is 0.257 e. The summed E-state index contributed by atoms with van der Waals surface area (Å²) in [6.07, 6.45) is 5.35. The number of benzene rings is 1. The molecule has 1 amide bonds. The lowest BCUT2D eigenvalue weighted by molar-refractivity contribution is -0.130. The van der Waals surface area contributed by atoms with Crippen LogP contribution in [0.2, 0.25) is 0 Å². The van der Waals surface area contributed by atoms with Gasteiger partial charge in [0.15, 0.2) is 5.16 Å². The van der Waals surface area contributed by atoms with Crippen LogP contribution in [-0.2, 0) is 18.3 Å². The van der Waals surface area contributed by atoms with Crippen molar-refractivity contribution in [2.24, 2.45) is 7.05 Å². The molecule has 5 nitrogen and oxygen atoms in total. The fourth-order valence-electron chi connectivity index (χ4n) is 3.76. The second kappa shape index (κ2) is 10.1. The van der Waals surface area contributed by atoms with E-state index in [4.69, 9.17) is 4.98 Å². The maximum Gasteiger partial charge on any atom is 0.257 e. The van der Waals surface area contributed by atoms with Gasteiger partial charge in [0.1, 0.15) is 0 Å². The van der Waals surface area contributed by atoms with Crippen LogP contribution in [0.25, 0.3) is 0 Å². The van der Waals surface area contributed by atoms with Gasteiger partial charge in [0.05, 0.1) is 0 Å². The van der Waals surface area contributed by atoms with E-state index in [9.17, 15) is 9.59 Å². The molecule has 156 valence electrons. The lowest BCUT2D eigenvalue weighted by Crippen LogP contribution is -2.27. The second-order valence-electron chi connectivity index (χ2n) is 7.88. The summed E-state index contributed by atoms with van der Waals surface area (Å²) in [5.41, 5.74) is 3.93. The van der Waals surface area contributed by atoms with Gasteiger partial charge in [-0.05, 0) is 45.1 Å². The quantitative estimate of drug-likeness (QED) is 0.374. The molecule has 29 heavy (non-hydrogen) atoms. The molecule has 1 saturated heterocycles. The van der Waals surface area contributed by atoms with E-state index >= 15 is 0 Å². The SMILES string of the molecule is Cc1cccc(Cc2c(C)nc(SCCCCC(=O)N3CCCC3)n(C)c2=O)c1. The van der Waals surface area contributed by atoms with Gasteiger partial charge in [-0.1, -0.05) is 41.6 Å². The van der Waals surface area contributed by atoms with Gasteiger partial charge in [0.2, 0.25) is 5.91 Å². The molecular formula is C23H31N3O2S. The van der Waals surface area contributed by atoms with Crippen molar-refractivity contribution in [2.75, 3.05) is 18.8 Å². The topological polar surface area (TPSA) is 55.2 Å². The van der Waals surface area contributed by atoms with Crippen LogP contribution in [0.1, 0.15) is 54.5 Å². The Morgan fingerprint density at radius 3 is 2.66 bits per heavy atom. The van der Waals surface area contributed by atoms with Crippen LogP contribution in [0.4, 0.5) is 0 Å². The summed E-state index contributed by atoms with van der Waals surface area (Å²) in [6, 6.07) is 8.25. The minimum absolute atomic E-state index is 0.0331. The molecule has 2 aromatic rings. The third-order valence-electron chi connectivity index (χ3n) is 5.49. The van der Waals surface area contributed by atoms with E-state index in [1.807, 2.05) is 17.9 Å². The first-order valence-electron chi connectivity index (χ1n) is 10.5. The maximum atomic E-state index is 12.9. The largest absolute Gasteiger partial charge is 0.343 e. The summed E-state index contributed by atoms with van der Waals surface area (Å²) in [6.45, 7) is 5.83. The Labute approximate surface area is 177 Å². The van der Waals surface area contributed by atoms with E-state index in [1.54, 1.807) is 23.4 Å². The monoisotopic (exact) mass is 413 g/mol. The standard InChI is InChI=1S/C23H31N3O2S/c1-17-9-8-10-19(15-17)16-20-18(2)24-23(25(3)22(20)28)29-14-7-4-11-21(27)26-12-5-6-13-26/h8-10,15H,4-7,11-14,16H2,1-3H3. The zero-order valence-corrected chi connectivity index (χ0v) is 18.6. The first-order valence-corrected chi connectivity index (χ1v) is 11.5. The number of thioether (sulfide) groups is 1. The highest BCUT2D eigenvalue weighted by Gasteiger charge is 2.17. The molecule has 1 aromatic carbocycles. The molecule has 2 heterocycles. The van der Waals surface area contributed by atoms with E-state index in [0.717, 1.165) is 66.5 Å². The Bertz CT molecular complexity index is 917.